The van der Waals surface area contributed by atoms with Crippen LogP contribution in [-0.4, -0.2) is 81.0 Å². The quantitative estimate of drug-likeness (QED) is 0.249. The Labute approximate surface area is 305 Å². The van der Waals surface area contributed by atoms with Crippen LogP contribution in [0.15, 0.2) is 54.6 Å². The van der Waals surface area contributed by atoms with E-state index in [9.17, 15) is 24.3 Å². The predicted molar refractivity (Wildman–Crippen MR) is 193 cm³/mol. The second-order valence-corrected chi connectivity index (χ2v) is 14.8. The first-order valence-electron chi connectivity index (χ1n) is 17.0. The summed E-state index contributed by atoms with van der Waals surface area (Å²) in [6.07, 6.45) is 2.62. The van der Waals surface area contributed by atoms with E-state index in [2.05, 4.69) is 16.0 Å². The Morgan fingerprint density at radius 3 is 2.29 bits per heavy atom. The minimum atomic E-state index is -1.51. The van der Waals surface area contributed by atoms with Crippen LogP contribution in [0.2, 0.25) is 5.02 Å². The molecule has 0 radical (unpaired) electrons. The highest BCUT2D eigenvalue weighted by Crippen LogP contribution is 2.27. The van der Waals surface area contributed by atoms with Crippen LogP contribution in [0.1, 0.15) is 58.6 Å². The van der Waals surface area contributed by atoms with Gasteiger partial charge < -0.3 is 40.0 Å². The van der Waals surface area contributed by atoms with Crippen molar-refractivity contribution in [2.75, 3.05) is 34.0 Å². The molecule has 0 spiro atoms. The fraction of sp³-hybridized carbons (Fsp3) is 0.526. The van der Waals surface area contributed by atoms with Gasteiger partial charge in [0, 0.05) is 25.3 Å². The first-order chi connectivity index (χ1) is 24.1. The second kappa shape index (κ2) is 18.9. The lowest BCUT2D eigenvalue weighted by molar-refractivity contribution is -0.158. The van der Waals surface area contributed by atoms with Gasteiger partial charge in [0.05, 0.1) is 44.5 Å². The Morgan fingerprint density at radius 1 is 1.00 bits per heavy atom. The molecule has 5 atom stereocenters. The molecule has 3 rings (SSSR count). The van der Waals surface area contributed by atoms with Crippen LogP contribution >= 0.6 is 11.6 Å². The van der Waals surface area contributed by atoms with Crippen molar-refractivity contribution < 1.29 is 43.2 Å². The van der Waals surface area contributed by atoms with E-state index < -0.39 is 53.9 Å². The first kappa shape index (κ1) is 41.3. The number of ether oxygens (including phenoxy) is 4. The van der Waals surface area contributed by atoms with Gasteiger partial charge in [0.15, 0.2) is 0 Å². The molecule has 4 N–H and O–H groups in total. The van der Waals surface area contributed by atoms with Crippen molar-refractivity contribution >= 4 is 35.3 Å². The van der Waals surface area contributed by atoms with Gasteiger partial charge in [0.25, 0.3) is 0 Å². The summed E-state index contributed by atoms with van der Waals surface area (Å²) in [6, 6.07) is 10.4. The monoisotopic (exact) mass is 729 g/mol. The van der Waals surface area contributed by atoms with Crippen LogP contribution in [0.5, 0.6) is 11.5 Å². The number of benzene rings is 2. The highest BCUT2D eigenvalue weighted by Gasteiger charge is 2.39. The van der Waals surface area contributed by atoms with Crippen LogP contribution in [-0.2, 0) is 41.7 Å². The Balaban J connectivity index is 1.91. The number of rotatable bonds is 11. The molecule has 1 aliphatic heterocycles. The zero-order chi connectivity index (χ0) is 37.8. The SMILES string of the molecule is COc1ccc(COC[C@@H](C)[C@@H]2C/C=C/C(=O)N[C@H](Cc3ccc(OC)c(Cl)c3)C(=O)NCC(C)(CO)C(=O)N[C@@H](CC(C)(C)C)C(=O)O2)cc1. The third-order valence-corrected chi connectivity index (χ3v) is 8.89. The van der Waals surface area contributed by atoms with Crippen LogP contribution in [0.4, 0.5) is 0 Å². The fourth-order valence-electron chi connectivity index (χ4n) is 5.38. The smallest absolute Gasteiger partial charge is 0.328 e. The first-order valence-corrected chi connectivity index (χ1v) is 17.4. The molecule has 13 heteroatoms. The molecule has 2 aromatic carbocycles. The van der Waals surface area contributed by atoms with Gasteiger partial charge in [-0.15, -0.1) is 0 Å². The maximum absolute atomic E-state index is 13.8. The number of carbonyl (C=O) groups is 4. The molecular weight excluding hydrogens is 678 g/mol. The van der Waals surface area contributed by atoms with E-state index in [1.807, 2.05) is 52.0 Å². The maximum Gasteiger partial charge on any atom is 0.328 e. The van der Waals surface area contributed by atoms with Gasteiger partial charge >= 0.3 is 5.97 Å². The van der Waals surface area contributed by atoms with E-state index in [1.165, 1.54) is 20.1 Å². The third-order valence-electron chi connectivity index (χ3n) is 8.59. The van der Waals surface area contributed by atoms with Gasteiger partial charge in [-0.3, -0.25) is 14.4 Å². The molecule has 3 amide bonds. The number of hydrogen-bond donors (Lipinski definition) is 4. The third kappa shape index (κ3) is 12.9. The standard InChI is InChI=1S/C38H52ClN3O9/c1-24(20-50-21-25-11-14-27(48-6)15-12-25)31-9-8-10-33(44)41-29(18-26-13-16-32(49-7)28(39)17-26)34(45)40-22-38(5,23-43)36(47)42-30(35(46)51-31)19-37(2,3)4/h8,10-17,24,29-31,43H,9,18-23H2,1-7H3,(H,40,45)(H,41,44)(H,42,47)/b10-8+/t24-,29-,30+,31+,38?/m1/s1. The number of carbonyl (C=O) groups excluding carboxylic acids is 4. The topological polar surface area (TPSA) is 162 Å². The second-order valence-electron chi connectivity index (χ2n) is 14.4. The maximum atomic E-state index is 13.8. The highest BCUT2D eigenvalue weighted by atomic mass is 35.5. The summed E-state index contributed by atoms with van der Waals surface area (Å²) in [5, 5.41) is 18.9. The molecule has 51 heavy (non-hydrogen) atoms. The summed E-state index contributed by atoms with van der Waals surface area (Å²) >= 11 is 6.32. The fourth-order valence-corrected chi connectivity index (χ4v) is 5.66. The molecule has 2 aromatic rings. The molecule has 1 heterocycles. The minimum absolute atomic E-state index is 0.0770. The molecule has 0 aliphatic carbocycles. The minimum Gasteiger partial charge on any atom is -0.497 e. The summed E-state index contributed by atoms with van der Waals surface area (Å²) < 4.78 is 22.5. The Kier molecular flexibility index (Phi) is 15.3. The summed E-state index contributed by atoms with van der Waals surface area (Å²) in [5.41, 5.74) is -0.310. The molecule has 1 aliphatic rings. The van der Waals surface area contributed by atoms with Crippen LogP contribution in [0.25, 0.3) is 0 Å². The number of amides is 3. The zero-order valence-corrected chi connectivity index (χ0v) is 31.3. The van der Waals surface area contributed by atoms with Gasteiger partial charge in [-0.25, -0.2) is 4.79 Å². The van der Waals surface area contributed by atoms with Crippen molar-refractivity contribution in [2.24, 2.45) is 16.7 Å². The molecule has 0 fully saturated rings. The largest absolute Gasteiger partial charge is 0.497 e. The molecule has 12 nitrogen and oxygen atoms in total. The number of halogens is 1. The molecule has 0 saturated heterocycles. The summed E-state index contributed by atoms with van der Waals surface area (Å²) in [7, 11) is 3.09. The van der Waals surface area contributed by atoms with Gasteiger partial charge in [0.2, 0.25) is 17.7 Å². The van der Waals surface area contributed by atoms with E-state index >= 15 is 0 Å². The van der Waals surface area contributed by atoms with E-state index in [-0.39, 0.29) is 43.7 Å². The van der Waals surface area contributed by atoms with E-state index in [4.69, 9.17) is 30.5 Å². The van der Waals surface area contributed by atoms with Crippen molar-refractivity contribution in [2.45, 2.75) is 78.7 Å². The van der Waals surface area contributed by atoms with Crippen molar-refractivity contribution in [1.29, 1.82) is 0 Å². The molecule has 0 saturated carbocycles. The van der Waals surface area contributed by atoms with Crippen molar-refractivity contribution in [3.05, 3.63) is 70.8 Å². The molecule has 0 bridgehead atoms. The highest BCUT2D eigenvalue weighted by molar-refractivity contribution is 6.32. The Hall–Kier alpha value is -4.13. The van der Waals surface area contributed by atoms with Gasteiger partial charge in [-0.2, -0.15) is 0 Å². The number of nitrogens with one attached hydrogen (secondary N) is 3. The average molecular weight is 730 g/mol. The lowest BCUT2D eigenvalue weighted by Gasteiger charge is -2.33. The van der Waals surface area contributed by atoms with Crippen molar-refractivity contribution in [3.8, 4) is 11.5 Å². The normalized spacial score (nSPS) is 23.7. The number of esters is 1. The molecule has 1 unspecified atom stereocenters. The van der Waals surface area contributed by atoms with E-state index in [0.29, 0.717) is 22.9 Å². The lowest BCUT2D eigenvalue weighted by atomic mass is 9.86. The molecule has 280 valence electrons. The molecule has 0 aromatic heterocycles. The summed E-state index contributed by atoms with van der Waals surface area (Å²) in [6.45, 7) is 8.80. The van der Waals surface area contributed by atoms with Crippen LogP contribution in [0.3, 0.4) is 0 Å². The number of cyclic esters (lactones) is 1. The van der Waals surface area contributed by atoms with Crippen molar-refractivity contribution in [3.63, 3.8) is 0 Å². The van der Waals surface area contributed by atoms with Crippen LogP contribution in [0, 0.1) is 16.7 Å². The number of hydrogen-bond acceptors (Lipinski definition) is 9. The number of methoxy groups -OCH3 is 2. The average Bonchev–Trinajstić information content (AvgIpc) is 3.08. The van der Waals surface area contributed by atoms with Gasteiger partial charge in [-0.1, -0.05) is 63.6 Å². The van der Waals surface area contributed by atoms with E-state index in [1.54, 1.807) is 31.4 Å². The number of aliphatic hydroxyl groups excluding tert-OH is 1. The Bertz CT molecular complexity index is 1530. The van der Waals surface area contributed by atoms with E-state index in [0.717, 1.165) is 11.3 Å². The van der Waals surface area contributed by atoms with Gasteiger partial charge in [0.1, 0.15) is 29.7 Å². The lowest BCUT2D eigenvalue weighted by Crippen LogP contribution is -2.56. The van der Waals surface area contributed by atoms with Crippen molar-refractivity contribution in [1.82, 2.24) is 16.0 Å². The van der Waals surface area contributed by atoms with Gasteiger partial charge in [-0.05, 0) is 60.2 Å². The molecular formula is C38H52ClN3O9. The van der Waals surface area contributed by atoms with Crippen LogP contribution < -0.4 is 25.4 Å². The zero-order valence-electron chi connectivity index (χ0n) is 30.5. The summed E-state index contributed by atoms with van der Waals surface area (Å²) in [4.78, 5) is 54.2. The Morgan fingerprint density at radius 2 is 1.69 bits per heavy atom. The predicted octanol–water partition coefficient (Wildman–Crippen LogP) is 4.14. The number of aliphatic hydroxyl groups is 1. The summed E-state index contributed by atoms with van der Waals surface area (Å²) in [5.74, 6) is -1.55.